The third kappa shape index (κ3) is 2.41. The number of nitrogen functional groups attached to an aromatic ring is 2. The predicted molar refractivity (Wildman–Crippen MR) is 91.5 cm³/mol. The highest BCUT2D eigenvalue weighted by molar-refractivity contribution is 7.81. The van der Waals surface area contributed by atoms with E-state index in [9.17, 15) is 0 Å². The molecule has 0 aromatic heterocycles. The van der Waals surface area contributed by atoms with Crippen molar-refractivity contribution in [1.82, 2.24) is 0 Å². The molecule has 0 atom stereocenters. The van der Waals surface area contributed by atoms with Crippen molar-refractivity contribution in [3.8, 4) is 0 Å². The highest BCUT2D eigenvalue weighted by Gasteiger charge is 2.14. The number of hydrogen-bond acceptors (Lipinski definition) is 3. The van der Waals surface area contributed by atoms with Gasteiger partial charge in [-0.25, -0.2) is 0 Å². The highest BCUT2D eigenvalue weighted by atomic mass is 32.1. The van der Waals surface area contributed by atoms with Crippen LogP contribution in [0.15, 0.2) is 24.3 Å². The minimum atomic E-state index is 0.722. The van der Waals surface area contributed by atoms with Gasteiger partial charge in [0.15, 0.2) is 0 Å². The fraction of sp³-hybridized carbons (Fsp3) is 0.235. The van der Waals surface area contributed by atoms with Gasteiger partial charge in [0.2, 0.25) is 0 Å². The highest BCUT2D eigenvalue weighted by Crippen LogP contribution is 2.28. The first kappa shape index (κ1) is 14.5. The zero-order chi connectivity index (χ0) is 15.0. The molecule has 0 bridgehead atoms. The minimum Gasteiger partial charge on any atom is -0.398 e. The minimum absolute atomic E-state index is 0.722. The van der Waals surface area contributed by atoms with Gasteiger partial charge in [0, 0.05) is 16.9 Å². The topological polar surface area (TPSA) is 52.0 Å². The molecule has 0 spiro atoms. The summed E-state index contributed by atoms with van der Waals surface area (Å²) >= 11 is 5.60. The third-order valence-electron chi connectivity index (χ3n) is 4.00. The molecule has 2 nitrogen and oxygen atoms in total. The third-order valence-corrected chi connectivity index (χ3v) is 4.46. The van der Waals surface area contributed by atoms with E-state index >= 15 is 0 Å². The Hall–Kier alpha value is -1.87. The van der Waals surface area contributed by atoms with Gasteiger partial charge in [-0.2, -0.15) is 0 Å². The quantitative estimate of drug-likeness (QED) is 0.500. The molecule has 0 aliphatic carbocycles. The van der Waals surface area contributed by atoms with Gasteiger partial charge in [0.05, 0.1) is 4.86 Å². The maximum Gasteiger partial charge on any atom is 0.0543 e. The normalized spacial score (nSPS) is 10.6. The van der Waals surface area contributed by atoms with Crippen molar-refractivity contribution in [3.63, 3.8) is 0 Å². The molecular weight excluding hydrogens is 264 g/mol. The van der Waals surface area contributed by atoms with Crippen LogP contribution in [-0.2, 0) is 0 Å². The van der Waals surface area contributed by atoms with Crippen LogP contribution < -0.4 is 11.5 Å². The van der Waals surface area contributed by atoms with Crippen molar-refractivity contribution < 1.29 is 0 Å². The van der Waals surface area contributed by atoms with Gasteiger partial charge in [-0.3, -0.25) is 0 Å². The van der Waals surface area contributed by atoms with Crippen molar-refractivity contribution in [2.24, 2.45) is 0 Å². The second kappa shape index (κ2) is 5.25. The molecule has 20 heavy (non-hydrogen) atoms. The van der Waals surface area contributed by atoms with E-state index in [0.29, 0.717) is 0 Å². The number of aryl methyl sites for hydroxylation is 2. The van der Waals surface area contributed by atoms with E-state index in [4.69, 9.17) is 23.7 Å². The van der Waals surface area contributed by atoms with Crippen LogP contribution in [0.4, 0.5) is 11.4 Å². The molecule has 2 aromatic carbocycles. The lowest BCUT2D eigenvalue weighted by molar-refractivity contribution is 1.33. The van der Waals surface area contributed by atoms with Crippen LogP contribution in [0.2, 0.25) is 0 Å². The summed E-state index contributed by atoms with van der Waals surface area (Å²) in [5, 5.41) is 0. The number of benzene rings is 2. The van der Waals surface area contributed by atoms with Crippen LogP contribution in [0.5, 0.6) is 0 Å². The van der Waals surface area contributed by atoms with Crippen molar-refractivity contribution in [3.05, 3.63) is 57.6 Å². The van der Waals surface area contributed by atoms with Crippen molar-refractivity contribution in [2.45, 2.75) is 27.7 Å². The Morgan fingerprint density at radius 2 is 1.55 bits per heavy atom. The average Bonchev–Trinajstić information content (AvgIpc) is 2.43. The number of nitrogens with two attached hydrogens (primary N) is 2. The summed E-state index contributed by atoms with van der Waals surface area (Å²) in [6.45, 7) is 8.13. The Morgan fingerprint density at radius 1 is 0.900 bits per heavy atom. The second-order valence-electron chi connectivity index (χ2n) is 5.31. The number of anilines is 2. The van der Waals surface area contributed by atoms with Crippen LogP contribution in [0.1, 0.15) is 33.4 Å². The van der Waals surface area contributed by atoms with Gasteiger partial charge in [0.1, 0.15) is 0 Å². The van der Waals surface area contributed by atoms with Gasteiger partial charge < -0.3 is 11.5 Å². The van der Waals surface area contributed by atoms with Crippen LogP contribution in [0.25, 0.3) is 0 Å². The first-order valence-corrected chi connectivity index (χ1v) is 7.01. The summed E-state index contributed by atoms with van der Waals surface area (Å²) < 4.78 is 0. The summed E-state index contributed by atoms with van der Waals surface area (Å²) in [5.41, 5.74) is 20.1. The lowest BCUT2D eigenvalue weighted by atomic mass is 9.95. The Bertz CT molecular complexity index is 703. The lowest BCUT2D eigenvalue weighted by Crippen LogP contribution is -2.09. The van der Waals surface area contributed by atoms with E-state index in [-0.39, 0.29) is 0 Å². The molecule has 0 saturated carbocycles. The van der Waals surface area contributed by atoms with Crippen molar-refractivity contribution >= 4 is 28.5 Å². The van der Waals surface area contributed by atoms with E-state index in [2.05, 4.69) is 26.0 Å². The second-order valence-corrected chi connectivity index (χ2v) is 5.71. The standard InChI is InChI=1S/C17H20N2S/c1-9-5-6-13(7-10(9)2)17(20)14-8-15(18)11(3)12(4)16(14)19/h5-8H,18-19H2,1-4H3. The summed E-state index contributed by atoms with van der Waals surface area (Å²) in [6.07, 6.45) is 0. The largest absolute Gasteiger partial charge is 0.398 e. The molecule has 0 heterocycles. The predicted octanol–water partition coefficient (Wildman–Crippen LogP) is 3.85. The van der Waals surface area contributed by atoms with Gasteiger partial charge in [0.25, 0.3) is 0 Å². The van der Waals surface area contributed by atoms with Crippen LogP contribution in [0.3, 0.4) is 0 Å². The van der Waals surface area contributed by atoms with Gasteiger partial charge >= 0.3 is 0 Å². The molecular formula is C17H20N2S. The molecule has 4 N–H and O–H groups in total. The Morgan fingerprint density at radius 3 is 2.15 bits per heavy atom. The molecule has 2 aromatic rings. The fourth-order valence-corrected chi connectivity index (χ4v) is 2.48. The van der Waals surface area contributed by atoms with Gasteiger partial charge in [-0.15, -0.1) is 0 Å². The van der Waals surface area contributed by atoms with E-state index in [1.807, 2.05) is 26.0 Å². The summed E-state index contributed by atoms with van der Waals surface area (Å²) in [6, 6.07) is 8.10. The molecule has 0 aliphatic heterocycles. The van der Waals surface area contributed by atoms with E-state index in [1.165, 1.54) is 11.1 Å². The Labute approximate surface area is 125 Å². The van der Waals surface area contributed by atoms with Crippen LogP contribution >= 0.6 is 12.2 Å². The average molecular weight is 284 g/mol. The lowest BCUT2D eigenvalue weighted by Gasteiger charge is -2.15. The molecule has 2 rings (SSSR count). The molecule has 0 saturated heterocycles. The maximum absolute atomic E-state index is 6.22. The van der Waals surface area contributed by atoms with Crippen molar-refractivity contribution in [2.75, 3.05) is 11.5 Å². The number of hydrogen-bond donors (Lipinski definition) is 2. The maximum atomic E-state index is 6.22. The SMILES string of the molecule is Cc1ccc(C(=S)c2cc(N)c(C)c(C)c2N)cc1C. The van der Waals surface area contributed by atoms with Crippen LogP contribution in [0, 0.1) is 27.7 Å². The molecule has 0 fully saturated rings. The summed E-state index contributed by atoms with van der Waals surface area (Å²) in [5.74, 6) is 0. The molecule has 3 heteroatoms. The van der Waals surface area contributed by atoms with Crippen molar-refractivity contribution in [1.29, 1.82) is 0 Å². The number of rotatable bonds is 2. The molecule has 0 radical (unpaired) electrons. The molecule has 0 aliphatic rings. The van der Waals surface area contributed by atoms with Crippen LogP contribution in [-0.4, -0.2) is 4.86 Å². The van der Waals surface area contributed by atoms with E-state index < -0.39 is 0 Å². The molecule has 0 amide bonds. The monoisotopic (exact) mass is 284 g/mol. The summed E-state index contributed by atoms with van der Waals surface area (Å²) in [7, 11) is 0. The zero-order valence-corrected chi connectivity index (χ0v) is 13.2. The number of thiocarbonyl (C=S) groups is 1. The fourth-order valence-electron chi connectivity index (χ4n) is 2.19. The van der Waals surface area contributed by atoms with E-state index in [1.54, 1.807) is 0 Å². The Kier molecular flexibility index (Phi) is 3.82. The van der Waals surface area contributed by atoms with E-state index in [0.717, 1.165) is 38.5 Å². The molecule has 0 unspecified atom stereocenters. The first-order chi connectivity index (χ1) is 9.32. The van der Waals surface area contributed by atoms with Gasteiger partial charge in [-0.1, -0.05) is 30.4 Å². The summed E-state index contributed by atoms with van der Waals surface area (Å²) in [4.78, 5) is 0.750. The smallest absolute Gasteiger partial charge is 0.0543 e. The Balaban J connectivity index is 2.56. The first-order valence-electron chi connectivity index (χ1n) is 6.60. The molecule has 104 valence electrons. The van der Waals surface area contributed by atoms with Gasteiger partial charge in [-0.05, 0) is 61.6 Å². The zero-order valence-electron chi connectivity index (χ0n) is 12.4.